The largest absolute Gasteiger partial charge is 0.304 e. The first-order valence-electron chi connectivity index (χ1n) is 21.2. The van der Waals surface area contributed by atoms with Gasteiger partial charge in [-0.3, -0.25) is 0 Å². The monoisotopic (exact) mass is 960 g/mol. The number of hydrogen-bond acceptors (Lipinski definition) is 4. The average Bonchev–Trinajstić information content (AvgIpc) is 3.50. The van der Waals surface area contributed by atoms with E-state index in [0.717, 1.165) is 46.6 Å². The van der Waals surface area contributed by atoms with Crippen LogP contribution in [-0.2, 0) is 43.8 Å². The minimum Gasteiger partial charge on any atom is -0.304 e. The van der Waals surface area contributed by atoms with Gasteiger partial charge >= 0.3 is 0 Å². The van der Waals surface area contributed by atoms with Crippen molar-refractivity contribution in [2.75, 3.05) is 0 Å². The van der Waals surface area contributed by atoms with Gasteiger partial charge in [-0.25, -0.2) is 15.0 Å². The summed E-state index contributed by atoms with van der Waals surface area (Å²) in [7, 11) is 0. The predicted molar refractivity (Wildman–Crippen MR) is 244 cm³/mol. The zero-order chi connectivity index (χ0) is 40.6. The van der Waals surface area contributed by atoms with Gasteiger partial charge in [-0.2, -0.15) is 0 Å². The van der Waals surface area contributed by atoms with Crippen LogP contribution in [0.2, 0.25) is 0 Å². The van der Waals surface area contributed by atoms with Crippen LogP contribution < -0.4 is 0 Å². The van der Waals surface area contributed by atoms with Crippen molar-refractivity contribution in [3.8, 4) is 56.3 Å². The number of unbranched alkanes of at least 4 members (excludes halogenated alkanes) is 3. The van der Waals surface area contributed by atoms with Gasteiger partial charge < -0.3 is 4.98 Å². The van der Waals surface area contributed by atoms with Crippen molar-refractivity contribution in [1.82, 2.24) is 19.9 Å². The molecule has 1 aliphatic carbocycles. The zero-order valence-corrected chi connectivity index (χ0v) is 37.6. The minimum absolute atomic E-state index is 0. The van der Waals surface area contributed by atoms with Crippen molar-refractivity contribution >= 4 is 10.8 Å². The van der Waals surface area contributed by atoms with Gasteiger partial charge in [-0.05, 0) is 87.0 Å². The van der Waals surface area contributed by atoms with Crippen molar-refractivity contribution in [3.05, 3.63) is 180 Å². The van der Waals surface area contributed by atoms with Gasteiger partial charge in [0.05, 0.1) is 0 Å². The molecular formula is C55H51IrN4-. The molecule has 301 valence electrons. The summed E-state index contributed by atoms with van der Waals surface area (Å²) in [4.78, 5) is 20.1. The molecule has 1 aliphatic rings. The molecule has 0 bridgehead atoms. The fraction of sp³-hybridized carbons (Fsp3) is 0.236. The van der Waals surface area contributed by atoms with Gasteiger partial charge in [-0.15, -0.1) is 29.3 Å². The topological polar surface area (TPSA) is 51.6 Å². The Morgan fingerprint density at radius 1 is 0.567 bits per heavy atom. The molecule has 8 aromatic rings. The van der Waals surface area contributed by atoms with Crippen LogP contribution in [0.15, 0.2) is 146 Å². The molecule has 2 aromatic heterocycles. The molecule has 0 spiro atoms. The molecule has 0 fully saturated rings. The Morgan fingerprint density at radius 3 is 1.98 bits per heavy atom. The number of pyridine rings is 1. The van der Waals surface area contributed by atoms with Crippen molar-refractivity contribution in [2.24, 2.45) is 0 Å². The zero-order valence-electron chi connectivity index (χ0n) is 35.2. The van der Waals surface area contributed by atoms with Crippen LogP contribution in [-0.4, -0.2) is 19.9 Å². The van der Waals surface area contributed by atoms with Crippen LogP contribution in [0.1, 0.15) is 88.4 Å². The van der Waals surface area contributed by atoms with Gasteiger partial charge in [0.15, 0.2) is 11.6 Å². The third kappa shape index (κ3) is 8.39. The van der Waals surface area contributed by atoms with E-state index in [9.17, 15) is 0 Å². The molecule has 0 saturated heterocycles. The van der Waals surface area contributed by atoms with E-state index >= 15 is 0 Å². The van der Waals surface area contributed by atoms with Crippen LogP contribution in [0.4, 0.5) is 0 Å². The molecule has 0 amide bonds. The molecule has 9 rings (SSSR count). The standard InChI is InChI=1S/C55H51N4.Ir/c1-54(2,3)53-58-51(43-25-16-24-41(34-43)40-23-15-21-38(33-40)20-10-7-6-9-17-37-18-11-8-12-19-37)57-52(59-53)44-29-32-49(56-36-44)42-27-30-46-48(35-42)55(4,5)47-31-28-39-22-13-14-26-45(39)50(46)47;/h8,11-16,18-19,21-26,28-36H,6-7,9-10,17,20H2,1-5H3;/q-1;. The number of benzene rings is 6. The van der Waals surface area contributed by atoms with Crippen LogP contribution in [0.25, 0.3) is 67.1 Å². The van der Waals surface area contributed by atoms with Gasteiger partial charge in [0.2, 0.25) is 0 Å². The van der Waals surface area contributed by atoms with E-state index in [-0.39, 0.29) is 30.9 Å². The summed E-state index contributed by atoms with van der Waals surface area (Å²) in [6.07, 6.45) is 9.10. The smallest absolute Gasteiger partial charge is 0.165 e. The van der Waals surface area contributed by atoms with Crippen LogP contribution in [0.5, 0.6) is 0 Å². The molecule has 0 atom stereocenters. The number of nitrogens with zero attached hydrogens (tertiary/aromatic N) is 4. The summed E-state index contributed by atoms with van der Waals surface area (Å²) < 4.78 is 0. The average molecular weight is 960 g/mol. The molecule has 5 heteroatoms. The summed E-state index contributed by atoms with van der Waals surface area (Å²) in [6.45, 7) is 11.1. The number of aromatic nitrogens is 4. The van der Waals surface area contributed by atoms with E-state index in [0.29, 0.717) is 11.6 Å². The Morgan fingerprint density at radius 2 is 1.23 bits per heavy atom. The number of hydrogen-bond donors (Lipinski definition) is 0. The number of fused-ring (bicyclic) bond motifs is 5. The van der Waals surface area contributed by atoms with Crippen LogP contribution in [0.3, 0.4) is 0 Å². The van der Waals surface area contributed by atoms with Gasteiger partial charge in [0, 0.05) is 42.8 Å². The van der Waals surface area contributed by atoms with E-state index in [4.69, 9.17) is 19.9 Å². The second-order valence-corrected chi connectivity index (χ2v) is 17.7. The summed E-state index contributed by atoms with van der Waals surface area (Å²) in [6, 6.07) is 53.8. The summed E-state index contributed by atoms with van der Waals surface area (Å²) in [5, 5.41) is 2.55. The third-order valence-corrected chi connectivity index (χ3v) is 12.0. The predicted octanol–water partition coefficient (Wildman–Crippen LogP) is 13.8. The van der Waals surface area contributed by atoms with Crippen molar-refractivity contribution in [1.29, 1.82) is 0 Å². The van der Waals surface area contributed by atoms with E-state index in [2.05, 4.69) is 180 Å². The fourth-order valence-electron chi connectivity index (χ4n) is 8.65. The minimum atomic E-state index is -0.275. The van der Waals surface area contributed by atoms with Gasteiger partial charge in [0.25, 0.3) is 0 Å². The van der Waals surface area contributed by atoms with Gasteiger partial charge in [-0.1, -0.05) is 174 Å². The van der Waals surface area contributed by atoms with Crippen molar-refractivity contribution in [2.45, 2.75) is 84.0 Å². The number of aryl methyl sites for hydroxylation is 2. The first-order chi connectivity index (χ1) is 28.6. The Balaban J connectivity index is 0.00000499. The second kappa shape index (κ2) is 17.2. The van der Waals surface area contributed by atoms with E-state index < -0.39 is 0 Å². The molecule has 4 nitrogen and oxygen atoms in total. The number of rotatable bonds is 11. The normalized spacial score (nSPS) is 12.8. The van der Waals surface area contributed by atoms with E-state index in [1.54, 1.807) is 0 Å². The van der Waals surface area contributed by atoms with Crippen molar-refractivity contribution < 1.29 is 20.1 Å². The van der Waals surface area contributed by atoms with Crippen LogP contribution in [0, 0.1) is 6.07 Å². The molecule has 6 aromatic carbocycles. The Labute approximate surface area is 369 Å². The second-order valence-electron chi connectivity index (χ2n) is 17.7. The summed E-state index contributed by atoms with van der Waals surface area (Å²) >= 11 is 0. The Kier molecular flexibility index (Phi) is 11.8. The fourth-order valence-corrected chi connectivity index (χ4v) is 8.65. The van der Waals surface area contributed by atoms with Gasteiger partial charge in [0.1, 0.15) is 5.82 Å². The molecule has 0 N–H and O–H groups in total. The summed E-state index contributed by atoms with van der Waals surface area (Å²) in [5.74, 6) is 2.04. The third-order valence-electron chi connectivity index (χ3n) is 12.0. The Bertz CT molecular complexity index is 2780. The van der Waals surface area contributed by atoms with E-state index in [1.807, 2.05) is 6.20 Å². The SMILES string of the molecule is CC(C)(C)c1nc(-c2ccc(-c3[c-]cc4c(c3)C(C)(C)c3ccc5ccccc5c3-4)nc2)nc(-c2cccc(-c3cccc(CCCCCCc4ccccc4)c3)c2)n1.[Ir]. The molecule has 0 unspecified atom stereocenters. The molecule has 60 heavy (non-hydrogen) atoms. The maximum atomic E-state index is 5.07. The maximum Gasteiger partial charge on any atom is 0.165 e. The van der Waals surface area contributed by atoms with Crippen molar-refractivity contribution in [3.63, 3.8) is 0 Å². The first kappa shape index (κ1) is 41.1. The molecule has 1 radical (unpaired) electrons. The van der Waals surface area contributed by atoms with Crippen LogP contribution >= 0.6 is 0 Å². The summed E-state index contributed by atoms with van der Waals surface area (Å²) in [5.41, 5.74) is 13.7. The molecule has 0 saturated carbocycles. The molecule has 0 aliphatic heterocycles. The van der Waals surface area contributed by atoms with E-state index in [1.165, 1.54) is 75.4 Å². The quantitative estimate of drug-likeness (QED) is 0.0957. The molecule has 2 heterocycles. The maximum absolute atomic E-state index is 5.07. The first-order valence-corrected chi connectivity index (χ1v) is 21.2. The Hall–Kier alpha value is -5.61. The molecular weight excluding hydrogens is 909 g/mol.